The van der Waals surface area contributed by atoms with Crippen LogP contribution in [0.3, 0.4) is 0 Å². The first-order valence-corrected chi connectivity index (χ1v) is 17.9. The van der Waals surface area contributed by atoms with Gasteiger partial charge in [0.25, 0.3) is 0 Å². The van der Waals surface area contributed by atoms with E-state index in [4.69, 9.17) is 4.74 Å². The van der Waals surface area contributed by atoms with Crippen LogP contribution in [-0.4, -0.2) is 12.6 Å². The van der Waals surface area contributed by atoms with Crippen LogP contribution in [0.5, 0.6) is 0 Å². The van der Waals surface area contributed by atoms with Crippen LogP contribution in [0.4, 0.5) is 0 Å². The van der Waals surface area contributed by atoms with Crippen molar-refractivity contribution >= 4 is 5.97 Å². The first-order valence-electron chi connectivity index (χ1n) is 17.9. The molecule has 0 aromatic carbocycles. The minimum absolute atomic E-state index is 0.0233. The Morgan fingerprint density at radius 2 is 0.763 bits per heavy atom. The van der Waals surface area contributed by atoms with Gasteiger partial charge in [-0.2, -0.15) is 0 Å². The van der Waals surface area contributed by atoms with E-state index in [0.717, 1.165) is 12.8 Å². The Kier molecular flexibility index (Phi) is 32.2. The number of hydrogen-bond acceptors (Lipinski definition) is 2. The monoisotopic (exact) mass is 537 g/mol. The van der Waals surface area contributed by atoms with Crippen molar-refractivity contribution in [2.75, 3.05) is 6.61 Å². The number of carbonyl (C=O) groups is 1. The maximum Gasteiger partial charge on any atom is 0.305 e. The first-order chi connectivity index (χ1) is 18.7. The lowest BCUT2D eigenvalue weighted by Gasteiger charge is -2.11. The van der Waals surface area contributed by atoms with Gasteiger partial charge < -0.3 is 4.74 Å². The van der Waals surface area contributed by atoms with Crippen molar-refractivity contribution in [2.45, 2.75) is 213 Å². The molecule has 0 radical (unpaired) electrons. The molecular weight excluding hydrogens is 464 g/mol. The molecule has 0 heterocycles. The van der Waals surface area contributed by atoms with Crippen LogP contribution in [0.25, 0.3) is 0 Å². The molecule has 0 bridgehead atoms. The summed E-state index contributed by atoms with van der Waals surface area (Å²) in [6.07, 6.45) is 40.3. The Morgan fingerprint density at radius 3 is 1.13 bits per heavy atom. The van der Waals surface area contributed by atoms with Gasteiger partial charge in [-0.15, -0.1) is 0 Å². The molecule has 228 valence electrons. The minimum atomic E-state index is 0.0233. The Balaban J connectivity index is 3.26. The Bertz CT molecular complexity index is 447. The summed E-state index contributed by atoms with van der Waals surface area (Å²) < 4.78 is 5.46. The van der Waals surface area contributed by atoms with Crippen molar-refractivity contribution in [1.82, 2.24) is 0 Å². The van der Waals surface area contributed by atoms with Gasteiger partial charge in [0.2, 0.25) is 0 Å². The zero-order chi connectivity index (χ0) is 27.8. The van der Waals surface area contributed by atoms with E-state index in [-0.39, 0.29) is 5.97 Å². The molecule has 0 saturated carbocycles. The van der Waals surface area contributed by atoms with Crippen LogP contribution in [0, 0.1) is 5.92 Å². The predicted octanol–water partition coefficient (Wildman–Crippen LogP) is 12.9. The molecule has 0 aromatic heterocycles. The zero-order valence-corrected chi connectivity index (χ0v) is 26.8. The van der Waals surface area contributed by atoms with Gasteiger partial charge in [-0.25, -0.2) is 0 Å². The van der Waals surface area contributed by atoms with Gasteiger partial charge in [0.1, 0.15) is 0 Å². The van der Waals surface area contributed by atoms with Crippen molar-refractivity contribution < 1.29 is 9.53 Å². The van der Waals surface area contributed by atoms with Gasteiger partial charge in [0, 0.05) is 6.42 Å². The molecule has 38 heavy (non-hydrogen) atoms. The van der Waals surface area contributed by atoms with Gasteiger partial charge in [0.05, 0.1) is 6.61 Å². The smallest absolute Gasteiger partial charge is 0.305 e. The summed E-state index contributed by atoms with van der Waals surface area (Å²) in [6.45, 7) is 7.51. The lowest BCUT2D eigenvalue weighted by atomic mass is 9.97. The predicted molar refractivity (Wildman–Crippen MR) is 170 cm³/mol. The van der Waals surface area contributed by atoms with Crippen LogP contribution in [0.2, 0.25) is 0 Å². The SMILES string of the molecule is CCCCCCCCCCCCCCCCCCCC(C)CCC(=O)OCCCCCCCCCCCC. The highest BCUT2D eigenvalue weighted by Gasteiger charge is 2.08. The van der Waals surface area contributed by atoms with E-state index >= 15 is 0 Å². The minimum Gasteiger partial charge on any atom is -0.466 e. The van der Waals surface area contributed by atoms with Crippen LogP contribution < -0.4 is 0 Å². The highest BCUT2D eigenvalue weighted by atomic mass is 16.5. The number of ether oxygens (including phenoxy) is 1. The van der Waals surface area contributed by atoms with Crippen molar-refractivity contribution in [2.24, 2.45) is 5.92 Å². The number of hydrogen-bond donors (Lipinski definition) is 0. The van der Waals surface area contributed by atoms with Crippen molar-refractivity contribution in [3.8, 4) is 0 Å². The second kappa shape index (κ2) is 32.7. The van der Waals surface area contributed by atoms with Gasteiger partial charge >= 0.3 is 5.97 Å². The van der Waals surface area contributed by atoms with E-state index in [1.807, 2.05) is 0 Å². The van der Waals surface area contributed by atoms with Gasteiger partial charge in [-0.3, -0.25) is 4.79 Å². The Hall–Kier alpha value is -0.530. The number of rotatable bonds is 32. The van der Waals surface area contributed by atoms with Crippen molar-refractivity contribution in [3.05, 3.63) is 0 Å². The third-order valence-corrected chi connectivity index (χ3v) is 8.40. The maximum absolute atomic E-state index is 12.0. The van der Waals surface area contributed by atoms with Gasteiger partial charge in [-0.1, -0.05) is 194 Å². The molecule has 0 aliphatic rings. The number of unbranched alkanes of at least 4 members (excludes halogenated alkanes) is 25. The summed E-state index contributed by atoms with van der Waals surface area (Å²) in [7, 11) is 0. The molecule has 2 heteroatoms. The Morgan fingerprint density at radius 1 is 0.447 bits per heavy atom. The molecule has 0 aliphatic carbocycles. The van der Waals surface area contributed by atoms with E-state index in [9.17, 15) is 4.79 Å². The second-order valence-electron chi connectivity index (χ2n) is 12.5. The number of carbonyl (C=O) groups excluding carboxylic acids is 1. The topological polar surface area (TPSA) is 26.3 Å². The highest BCUT2D eigenvalue weighted by molar-refractivity contribution is 5.69. The fourth-order valence-electron chi connectivity index (χ4n) is 5.57. The summed E-state index contributed by atoms with van der Waals surface area (Å²) in [5.41, 5.74) is 0. The summed E-state index contributed by atoms with van der Waals surface area (Å²) in [6, 6.07) is 0. The van der Waals surface area contributed by atoms with Crippen LogP contribution in [-0.2, 0) is 9.53 Å². The molecule has 0 aromatic rings. The standard InChI is InChI=1S/C36H72O2/c1-4-6-8-10-12-14-16-17-18-19-20-21-22-23-25-27-29-31-35(3)32-33-36(37)38-34-30-28-26-24-15-13-11-9-7-5-2/h35H,4-34H2,1-3H3. The molecule has 2 nitrogen and oxygen atoms in total. The zero-order valence-electron chi connectivity index (χ0n) is 26.8. The second-order valence-corrected chi connectivity index (χ2v) is 12.5. The summed E-state index contributed by atoms with van der Waals surface area (Å²) >= 11 is 0. The van der Waals surface area contributed by atoms with Crippen LogP contribution >= 0.6 is 0 Å². The number of esters is 1. The van der Waals surface area contributed by atoms with E-state index in [2.05, 4.69) is 20.8 Å². The normalized spacial score (nSPS) is 12.2. The Labute approximate surface area is 241 Å². The summed E-state index contributed by atoms with van der Waals surface area (Å²) in [4.78, 5) is 12.0. The average Bonchev–Trinajstić information content (AvgIpc) is 2.92. The molecule has 0 fully saturated rings. The fraction of sp³-hybridized carbons (Fsp3) is 0.972. The van der Waals surface area contributed by atoms with Gasteiger partial charge in [-0.05, 0) is 18.8 Å². The quantitative estimate of drug-likeness (QED) is 0.0631. The first kappa shape index (κ1) is 37.5. The van der Waals surface area contributed by atoms with Crippen molar-refractivity contribution in [3.63, 3.8) is 0 Å². The summed E-state index contributed by atoms with van der Waals surface area (Å²) in [5, 5.41) is 0. The van der Waals surface area contributed by atoms with Gasteiger partial charge in [0.15, 0.2) is 0 Å². The molecule has 1 atom stereocenters. The maximum atomic E-state index is 12.0. The molecule has 0 rings (SSSR count). The molecule has 0 aliphatic heterocycles. The molecule has 1 unspecified atom stereocenters. The molecular formula is C36H72O2. The summed E-state index contributed by atoms with van der Waals surface area (Å²) in [5.74, 6) is 0.673. The van der Waals surface area contributed by atoms with E-state index in [1.54, 1.807) is 0 Å². The highest BCUT2D eigenvalue weighted by Crippen LogP contribution is 2.18. The fourth-order valence-corrected chi connectivity index (χ4v) is 5.57. The van der Waals surface area contributed by atoms with Crippen molar-refractivity contribution in [1.29, 1.82) is 0 Å². The van der Waals surface area contributed by atoms with E-state index in [1.165, 1.54) is 173 Å². The van der Waals surface area contributed by atoms with Crippen LogP contribution in [0.1, 0.15) is 213 Å². The largest absolute Gasteiger partial charge is 0.466 e. The van der Waals surface area contributed by atoms with Crippen LogP contribution in [0.15, 0.2) is 0 Å². The lowest BCUT2D eigenvalue weighted by Crippen LogP contribution is -2.08. The van der Waals surface area contributed by atoms with E-state index in [0.29, 0.717) is 18.9 Å². The molecule has 0 spiro atoms. The average molecular weight is 537 g/mol. The third-order valence-electron chi connectivity index (χ3n) is 8.40. The molecule has 0 amide bonds. The molecule has 0 saturated heterocycles. The van der Waals surface area contributed by atoms with E-state index < -0.39 is 0 Å². The molecule has 0 N–H and O–H groups in total. The lowest BCUT2D eigenvalue weighted by molar-refractivity contribution is -0.144. The third kappa shape index (κ3) is 31.7.